The molecule has 0 saturated heterocycles. The number of H-pyrrole nitrogens is 2. The molecule has 266 valence electrons. The van der Waals surface area contributed by atoms with Crippen molar-refractivity contribution >= 4 is 114 Å². The van der Waals surface area contributed by atoms with Crippen molar-refractivity contribution in [1.29, 1.82) is 0 Å². The molecule has 0 fully saturated rings. The summed E-state index contributed by atoms with van der Waals surface area (Å²) in [5.41, 5.74) is 7.86. The molecule has 8 nitrogen and oxygen atoms in total. The highest BCUT2D eigenvalue weighted by Crippen LogP contribution is 2.17. The fourth-order valence-corrected chi connectivity index (χ4v) is 4.19. The molecule has 52 heavy (non-hydrogen) atoms. The number of rotatable bonds is 0. The lowest BCUT2D eigenvalue weighted by Gasteiger charge is -1.86. The highest BCUT2D eigenvalue weighted by Gasteiger charge is 2.02. The SMILES string of the molecule is Br.Br.Br.Br.C1=Cc2cc3ccc(cc4ccc(cc5nc(cc1n2)C=C5)[nH]4)[nH]3.c1ccncc1.c1ccncc1.c1ccncc1.c1ccncc1. The van der Waals surface area contributed by atoms with Gasteiger partial charge in [-0.2, -0.15) is 0 Å². The van der Waals surface area contributed by atoms with Crippen LogP contribution in [0.2, 0.25) is 0 Å². The van der Waals surface area contributed by atoms with Crippen LogP contribution in [0.3, 0.4) is 0 Å². The zero-order chi connectivity index (χ0) is 32.9. The van der Waals surface area contributed by atoms with Gasteiger partial charge in [0.25, 0.3) is 0 Å². The highest BCUT2D eigenvalue weighted by molar-refractivity contribution is 8.93. The van der Waals surface area contributed by atoms with Crippen LogP contribution in [0.1, 0.15) is 22.8 Å². The minimum Gasteiger partial charge on any atom is -0.355 e. The summed E-state index contributed by atoms with van der Waals surface area (Å²) in [4.78, 5) is 31.2. The first-order valence-corrected chi connectivity index (χ1v) is 15.2. The number of hydrogen-bond donors (Lipinski definition) is 2. The van der Waals surface area contributed by atoms with Gasteiger partial charge in [-0.3, -0.25) is 19.9 Å². The zero-order valence-electron chi connectivity index (χ0n) is 27.8. The lowest BCUT2D eigenvalue weighted by Crippen LogP contribution is -1.77. The van der Waals surface area contributed by atoms with Gasteiger partial charge in [0.15, 0.2) is 0 Å². The van der Waals surface area contributed by atoms with Crippen molar-refractivity contribution in [3.05, 3.63) is 194 Å². The number of aromatic amines is 2. The molecule has 8 bridgehead atoms. The number of pyridine rings is 4. The third-order valence-corrected chi connectivity index (χ3v) is 6.31. The fourth-order valence-electron chi connectivity index (χ4n) is 4.19. The van der Waals surface area contributed by atoms with E-state index in [1.807, 2.05) is 115 Å². The molecular formula is C40H38Br4N8. The summed E-state index contributed by atoms with van der Waals surface area (Å²) >= 11 is 0. The highest BCUT2D eigenvalue weighted by atomic mass is 79.9. The monoisotopic (exact) mass is 946 g/mol. The molecule has 0 aromatic carbocycles. The van der Waals surface area contributed by atoms with E-state index in [-0.39, 0.29) is 67.9 Å². The van der Waals surface area contributed by atoms with Gasteiger partial charge >= 0.3 is 0 Å². The van der Waals surface area contributed by atoms with E-state index in [0.29, 0.717) is 0 Å². The minimum absolute atomic E-state index is 0. The van der Waals surface area contributed by atoms with E-state index in [0.717, 1.165) is 44.8 Å². The van der Waals surface area contributed by atoms with Crippen LogP contribution >= 0.6 is 67.9 Å². The summed E-state index contributed by atoms with van der Waals surface area (Å²) in [5, 5.41) is 0. The van der Waals surface area contributed by atoms with Gasteiger partial charge in [-0.05, 0) is 121 Å². The van der Waals surface area contributed by atoms with Gasteiger partial charge in [-0.1, -0.05) is 24.3 Å². The molecule has 12 heteroatoms. The molecule has 0 unspecified atom stereocenters. The van der Waals surface area contributed by atoms with E-state index in [1.165, 1.54) is 0 Å². The van der Waals surface area contributed by atoms with Crippen molar-refractivity contribution in [2.24, 2.45) is 0 Å². The molecule has 7 aromatic rings. The Morgan fingerprint density at radius 1 is 0.288 bits per heavy atom. The molecule has 9 heterocycles. The molecule has 0 amide bonds. The predicted molar refractivity (Wildman–Crippen MR) is 237 cm³/mol. The van der Waals surface area contributed by atoms with Crippen LogP contribution in [-0.2, 0) is 0 Å². The number of nitrogens with one attached hydrogen (secondary N) is 2. The molecule has 0 aliphatic carbocycles. The van der Waals surface area contributed by atoms with Crippen LogP contribution in [0.5, 0.6) is 0 Å². The number of aromatic nitrogens is 8. The number of nitrogens with zero attached hydrogens (tertiary/aromatic N) is 6. The first kappa shape index (κ1) is 45.1. The van der Waals surface area contributed by atoms with Crippen molar-refractivity contribution in [2.45, 2.75) is 0 Å². The van der Waals surface area contributed by atoms with E-state index in [2.05, 4.69) is 70.2 Å². The van der Waals surface area contributed by atoms with E-state index in [4.69, 9.17) is 0 Å². The lowest BCUT2D eigenvalue weighted by atomic mass is 10.3. The molecule has 7 aromatic heterocycles. The second-order valence-electron chi connectivity index (χ2n) is 10.0. The molecular weight excluding hydrogens is 912 g/mol. The molecule has 0 atom stereocenters. The molecule has 0 spiro atoms. The van der Waals surface area contributed by atoms with Crippen LogP contribution in [0.25, 0.3) is 46.4 Å². The maximum absolute atomic E-state index is 4.62. The van der Waals surface area contributed by atoms with Gasteiger partial charge in [0.2, 0.25) is 0 Å². The third kappa shape index (κ3) is 17.4. The van der Waals surface area contributed by atoms with Crippen LogP contribution in [-0.4, -0.2) is 39.9 Å². The second-order valence-corrected chi connectivity index (χ2v) is 10.0. The smallest absolute Gasteiger partial charge is 0.0659 e. The Morgan fingerprint density at radius 2 is 0.538 bits per heavy atom. The molecule has 0 saturated carbocycles. The maximum Gasteiger partial charge on any atom is 0.0659 e. The first-order chi connectivity index (χ1) is 23.8. The van der Waals surface area contributed by atoms with Crippen LogP contribution in [0, 0.1) is 0 Å². The summed E-state index contributed by atoms with van der Waals surface area (Å²) in [6.07, 6.45) is 22.0. The summed E-state index contributed by atoms with van der Waals surface area (Å²) < 4.78 is 0. The van der Waals surface area contributed by atoms with Crippen molar-refractivity contribution in [1.82, 2.24) is 39.9 Å². The third-order valence-electron chi connectivity index (χ3n) is 6.31. The van der Waals surface area contributed by atoms with Crippen LogP contribution < -0.4 is 0 Å². The molecule has 2 aliphatic heterocycles. The van der Waals surface area contributed by atoms with Crippen molar-refractivity contribution in [3.63, 3.8) is 0 Å². The number of fused-ring (bicyclic) bond motifs is 8. The van der Waals surface area contributed by atoms with Gasteiger partial charge in [-0.25, -0.2) is 9.97 Å². The molecule has 2 N–H and O–H groups in total. The first-order valence-electron chi connectivity index (χ1n) is 15.2. The average Bonchev–Trinajstić information content (AvgIpc) is 4.00. The largest absolute Gasteiger partial charge is 0.355 e. The standard InChI is InChI=1S/C20H14N4.4C5H5N.4BrH/c1-2-14-10-16-5-6-18(23-16)12-20-8-7-19(24-20)11-17-4-3-15(22-17)9-13(1)21-14;4*1-2-4-6-5-3-1;;;;/h1-12,21-22H;4*1-5H;4*1H. The normalized spacial score (nSPS) is 9.54. The minimum atomic E-state index is 0. The molecule has 2 aliphatic rings. The Kier molecular flexibility index (Phi) is 23.3. The summed E-state index contributed by atoms with van der Waals surface area (Å²) in [7, 11) is 0. The van der Waals surface area contributed by atoms with Gasteiger partial charge in [0, 0.05) is 71.6 Å². The zero-order valence-corrected chi connectivity index (χ0v) is 34.6. The Bertz CT molecular complexity index is 1820. The number of hydrogen-bond acceptors (Lipinski definition) is 6. The van der Waals surface area contributed by atoms with Crippen molar-refractivity contribution in [2.75, 3.05) is 0 Å². The van der Waals surface area contributed by atoms with Gasteiger partial charge in [-0.15, -0.1) is 67.9 Å². The fraction of sp³-hybridized carbons (Fsp3) is 0. The quantitative estimate of drug-likeness (QED) is 0.157. The average molecular weight is 950 g/mol. The Hall–Kier alpha value is -4.88. The van der Waals surface area contributed by atoms with E-state index in [1.54, 1.807) is 49.6 Å². The Balaban J connectivity index is 0.000000396. The van der Waals surface area contributed by atoms with E-state index < -0.39 is 0 Å². The Labute approximate surface area is 345 Å². The Morgan fingerprint density at radius 3 is 0.769 bits per heavy atom. The predicted octanol–water partition coefficient (Wildman–Crippen LogP) is 11.3. The van der Waals surface area contributed by atoms with E-state index >= 15 is 0 Å². The number of halogens is 4. The van der Waals surface area contributed by atoms with Crippen molar-refractivity contribution < 1.29 is 0 Å². The summed E-state index contributed by atoms with van der Waals surface area (Å²) in [5.74, 6) is 0. The summed E-state index contributed by atoms with van der Waals surface area (Å²) in [6.45, 7) is 0. The van der Waals surface area contributed by atoms with Crippen LogP contribution in [0.15, 0.2) is 171 Å². The van der Waals surface area contributed by atoms with Gasteiger partial charge in [0.05, 0.1) is 22.8 Å². The lowest BCUT2D eigenvalue weighted by molar-refractivity contribution is 1.28. The van der Waals surface area contributed by atoms with E-state index in [9.17, 15) is 0 Å². The summed E-state index contributed by atoms with van der Waals surface area (Å²) in [6, 6.07) is 39.3. The maximum atomic E-state index is 4.62. The van der Waals surface area contributed by atoms with Gasteiger partial charge < -0.3 is 9.97 Å². The van der Waals surface area contributed by atoms with Gasteiger partial charge in [0.1, 0.15) is 0 Å². The topological polar surface area (TPSA) is 109 Å². The van der Waals surface area contributed by atoms with Crippen molar-refractivity contribution in [3.8, 4) is 0 Å². The van der Waals surface area contributed by atoms with Crippen LogP contribution in [0.4, 0.5) is 0 Å². The second kappa shape index (κ2) is 26.9. The molecule has 0 radical (unpaired) electrons. The molecule has 9 rings (SSSR count).